The quantitative estimate of drug-likeness (QED) is 0.746. The Kier molecular flexibility index (Phi) is 3.01. The van der Waals surface area contributed by atoms with Crippen molar-refractivity contribution in [2.75, 3.05) is 0 Å². The molecule has 2 aromatic rings. The summed E-state index contributed by atoms with van der Waals surface area (Å²) in [5.41, 5.74) is 7.59. The molecule has 15 heavy (non-hydrogen) atoms. The van der Waals surface area contributed by atoms with Crippen LogP contribution >= 0.6 is 23.7 Å². The van der Waals surface area contributed by atoms with Crippen LogP contribution in [0.4, 0.5) is 0 Å². The first kappa shape index (κ1) is 10.9. The van der Waals surface area contributed by atoms with Gasteiger partial charge in [0.25, 0.3) is 0 Å². The number of hydrogen-bond acceptors (Lipinski definition) is 2. The summed E-state index contributed by atoms with van der Waals surface area (Å²) < 4.78 is 1.40. The van der Waals surface area contributed by atoms with E-state index in [1.807, 2.05) is 11.3 Å². The average molecular weight is 240 g/mol. The molecular formula is C12H14ClNS. The van der Waals surface area contributed by atoms with E-state index in [0.717, 1.165) is 6.42 Å². The molecule has 0 aliphatic heterocycles. The predicted octanol–water partition coefficient (Wildman–Crippen LogP) is 3.66. The van der Waals surface area contributed by atoms with E-state index in [-0.39, 0.29) is 18.4 Å². The third-order valence-electron chi connectivity index (χ3n) is 3.00. The van der Waals surface area contributed by atoms with Crippen molar-refractivity contribution in [1.82, 2.24) is 0 Å². The number of thiophene rings is 1. The van der Waals surface area contributed by atoms with Gasteiger partial charge in [0.1, 0.15) is 0 Å². The van der Waals surface area contributed by atoms with Crippen LogP contribution in [0.5, 0.6) is 0 Å². The highest BCUT2D eigenvalue weighted by atomic mass is 35.5. The van der Waals surface area contributed by atoms with E-state index in [4.69, 9.17) is 5.73 Å². The Morgan fingerprint density at radius 1 is 1.27 bits per heavy atom. The zero-order valence-corrected chi connectivity index (χ0v) is 10.0. The fraction of sp³-hybridized carbons (Fsp3) is 0.333. The van der Waals surface area contributed by atoms with E-state index in [9.17, 15) is 0 Å². The van der Waals surface area contributed by atoms with Crippen LogP contribution < -0.4 is 5.73 Å². The average Bonchev–Trinajstić information content (AvgIpc) is 2.57. The van der Waals surface area contributed by atoms with E-state index in [1.165, 1.54) is 33.4 Å². The number of halogens is 1. The van der Waals surface area contributed by atoms with Crippen molar-refractivity contribution in [2.24, 2.45) is 5.73 Å². The second kappa shape index (κ2) is 4.12. The maximum atomic E-state index is 6.16. The first-order chi connectivity index (χ1) is 6.86. The lowest BCUT2D eigenvalue weighted by atomic mass is 9.92. The first-order valence-electron chi connectivity index (χ1n) is 5.12. The Morgan fingerprint density at radius 2 is 2.07 bits per heavy atom. The fourth-order valence-corrected chi connectivity index (χ4v) is 3.65. The normalized spacial score (nSPS) is 19.7. The SMILES string of the molecule is Cl.N[C@@H]1CCCc2sc3ccccc3c21. The van der Waals surface area contributed by atoms with Gasteiger partial charge in [0.05, 0.1) is 0 Å². The molecule has 1 atom stereocenters. The van der Waals surface area contributed by atoms with Crippen LogP contribution in [-0.2, 0) is 6.42 Å². The molecule has 0 amide bonds. The van der Waals surface area contributed by atoms with Crippen LogP contribution in [0.25, 0.3) is 10.1 Å². The highest BCUT2D eigenvalue weighted by Crippen LogP contribution is 2.39. The smallest absolute Gasteiger partial charge is 0.0349 e. The molecule has 0 saturated heterocycles. The van der Waals surface area contributed by atoms with Gasteiger partial charge in [-0.25, -0.2) is 0 Å². The number of benzene rings is 1. The molecule has 1 heterocycles. The molecule has 0 unspecified atom stereocenters. The summed E-state index contributed by atoms with van der Waals surface area (Å²) in [6.45, 7) is 0. The summed E-state index contributed by atoms with van der Waals surface area (Å²) in [6, 6.07) is 8.89. The number of nitrogens with two attached hydrogens (primary N) is 1. The molecule has 1 aromatic heterocycles. The molecule has 3 heteroatoms. The van der Waals surface area contributed by atoms with Crippen molar-refractivity contribution in [1.29, 1.82) is 0 Å². The second-order valence-electron chi connectivity index (χ2n) is 3.93. The molecule has 1 aromatic carbocycles. The van der Waals surface area contributed by atoms with Crippen LogP contribution in [0.15, 0.2) is 24.3 Å². The van der Waals surface area contributed by atoms with Crippen molar-refractivity contribution in [3.05, 3.63) is 34.7 Å². The number of rotatable bonds is 0. The van der Waals surface area contributed by atoms with Crippen LogP contribution in [-0.4, -0.2) is 0 Å². The van der Waals surface area contributed by atoms with Gasteiger partial charge in [0, 0.05) is 15.6 Å². The van der Waals surface area contributed by atoms with Gasteiger partial charge < -0.3 is 5.73 Å². The molecule has 80 valence electrons. The molecule has 0 spiro atoms. The van der Waals surface area contributed by atoms with Gasteiger partial charge in [-0.15, -0.1) is 23.7 Å². The Labute approximate surface area is 99.7 Å². The Morgan fingerprint density at radius 3 is 2.93 bits per heavy atom. The standard InChI is InChI=1S/C12H13NS.ClH/c13-9-5-3-7-11-12(9)8-4-1-2-6-10(8)14-11;/h1-2,4,6,9H,3,5,7,13H2;1H/t9-;/m1./s1. The summed E-state index contributed by atoms with van der Waals surface area (Å²) in [5, 5.41) is 1.39. The molecule has 3 rings (SSSR count). The summed E-state index contributed by atoms with van der Waals surface area (Å²) in [7, 11) is 0. The highest BCUT2D eigenvalue weighted by Gasteiger charge is 2.21. The molecule has 1 aliphatic rings. The molecule has 0 bridgehead atoms. The fourth-order valence-electron chi connectivity index (χ4n) is 2.34. The van der Waals surface area contributed by atoms with Gasteiger partial charge >= 0.3 is 0 Å². The molecule has 0 radical (unpaired) electrons. The first-order valence-corrected chi connectivity index (χ1v) is 5.94. The van der Waals surface area contributed by atoms with E-state index < -0.39 is 0 Å². The summed E-state index contributed by atoms with van der Waals surface area (Å²) in [4.78, 5) is 1.52. The van der Waals surface area contributed by atoms with Gasteiger partial charge in [-0.2, -0.15) is 0 Å². The summed E-state index contributed by atoms with van der Waals surface area (Å²) in [6.07, 6.45) is 3.62. The van der Waals surface area contributed by atoms with Crippen molar-refractivity contribution in [3.63, 3.8) is 0 Å². The Bertz CT molecular complexity index is 477. The van der Waals surface area contributed by atoms with Gasteiger partial charge in [-0.3, -0.25) is 0 Å². The molecule has 0 saturated carbocycles. The molecule has 1 nitrogen and oxygen atoms in total. The third-order valence-corrected chi connectivity index (χ3v) is 4.25. The van der Waals surface area contributed by atoms with Crippen LogP contribution in [0, 0.1) is 0 Å². The lowest BCUT2D eigenvalue weighted by molar-refractivity contribution is 0.581. The van der Waals surface area contributed by atoms with Gasteiger partial charge in [-0.05, 0) is 36.3 Å². The number of aryl methyl sites for hydroxylation is 1. The van der Waals surface area contributed by atoms with Gasteiger partial charge in [0.2, 0.25) is 0 Å². The van der Waals surface area contributed by atoms with E-state index in [1.54, 1.807) is 0 Å². The molecule has 0 fully saturated rings. The number of hydrogen-bond donors (Lipinski definition) is 1. The van der Waals surface area contributed by atoms with Crippen LogP contribution in [0.2, 0.25) is 0 Å². The van der Waals surface area contributed by atoms with Crippen molar-refractivity contribution < 1.29 is 0 Å². The third kappa shape index (κ3) is 1.67. The Hall–Kier alpha value is -0.570. The minimum atomic E-state index is 0. The van der Waals surface area contributed by atoms with E-state index >= 15 is 0 Å². The van der Waals surface area contributed by atoms with Crippen molar-refractivity contribution in [3.8, 4) is 0 Å². The van der Waals surface area contributed by atoms with Crippen molar-refractivity contribution in [2.45, 2.75) is 25.3 Å². The van der Waals surface area contributed by atoms with Crippen molar-refractivity contribution >= 4 is 33.8 Å². The summed E-state index contributed by atoms with van der Waals surface area (Å²) >= 11 is 1.92. The Balaban J connectivity index is 0.000000853. The minimum absolute atomic E-state index is 0. The molecule has 1 aliphatic carbocycles. The highest BCUT2D eigenvalue weighted by molar-refractivity contribution is 7.19. The minimum Gasteiger partial charge on any atom is -0.324 e. The van der Waals surface area contributed by atoms with E-state index in [0.29, 0.717) is 0 Å². The van der Waals surface area contributed by atoms with Crippen LogP contribution in [0.1, 0.15) is 29.3 Å². The molecular weight excluding hydrogens is 226 g/mol. The topological polar surface area (TPSA) is 26.0 Å². The zero-order chi connectivity index (χ0) is 9.54. The number of fused-ring (bicyclic) bond motifs is 3. The monoisotopic (exact) mass is 239 g/mol. The second-order valence-corrected chi connectivity index (χ2v) is 5.07. The van der Waals surface area contributed by atoms with Crippen LogP contribution in [0.3, 0.4) is 0 Å². The van der Waals surface area contributed by atoms with Gasteiger partial charge in [0.15, 0.2) is 0 Å². The maximum Gasteiger partial charge on any atom is 0.0349 e. The zero-order valence-electron chi connectivity index (χ0n) is 8.40. The van der Waals surface area contributed by atoms with Gasteiger partial charge in [-0.1, -0.05) is 18.2 Å². The largest absolute Gasteiger partial charge is 0.324 e. The lowest BCUT2D eigenvalue weighted by Crippen LogP contribution is -2.15. The summed E-state index contributed by atoms with van der Waals surface area (Å²) in [5.74, 6) is 0. The predicted molar refractivity (Wildman–Crippen MR) is 68.9 cm³/mol. The lowest BCUT2D eigenvalue weighted by Gasteiger charge is -2.18. The molecule has 2 N–H and O–H groups in total. The van der Waals surface area contributed by atoms with E-state index in [2.05, 4.69) is 24.3 Å². The maximum absolute atomic E-state index is 6.16.